The molecule has 6 heteroatoms. The summed E-state index contributed by atoms with van der Waals surface area (Å²) in [5, 5.41) is 3.21. The number of sulfonamides is 1. The molecule has 1 saturated carbocycles. The quantitative estimate of drug-likeness (QED) is 0.809. The molecule has 1 aliphatic carbocycles. The Morgan fingerprint density at radius 1 is 1.24 bits per heavy atom. The minimum atomic E-state index is -3.23. The highest BCUT2D eigenvalue weighted by atomic mass is 32.2. The highest BCUT2D eigenvalue weighted by Crippen LogP contribution is 2.41. The predicted molar refractivity (Wildman–Crippen MR) is 98.4 cm³/mol. The average molecular weight is 365 g/mol. The van der Waals surface area contributed by atoms with E-state index >= 15 is 0 Å². The molecule has 25 heavy (non-hydrogen) atoms. The lowest BCUT2D eigenvalue weighted by atomic mass is 9.96. The molecule has 1 aromatic rings. The molecule has 3 rings (SSSR count). The van der Waals surface area contributed by atoms with Crippen molar-refractivity contribution in [1.82, 2.24) is 9.62 Å². The Morgan fingerprint density at radius 3 is 2.60 bits per heavy atom. The Bertz CT molecular complexity index is 686. The lowest BCUT2D eigenvalue weighted by Crippen LogP contribution is -2.46. The summed E-state index contributed by atoms with van der Waals surface area (Å²) in [6.45, 7) is 2.73. The number of carbonyl (C=O) groups excluding carboxylic acids is 1. The first-order valence-electron chi connectivity index (χ1n) is 9.34. The Balaban J connectivity index is 1.66. The zero-order valence-electron chi connectivity index (χ0n) is 14.9. The van der Waals surface area contributed by atoms with E-state index in [-0.39, 0.29) is 23.6 Å². The number of hydrogen-bond donors (Lipinski definition) is 1. The van der Waals surface area contributed by atoms with Crippen LogP contribution < -0.4 is 5.32 Å². The van der Waals surface area contributed by atoms with Gasteiger partial charge in [0, 0.05) is 13.1 Å². The van der Waals surface area contributed by atoms with Crippen LogP contribution in [0.1, 0.15) is 50.6 Å². The molecule has 1 N–H and O–H groups in total. The monoisotopic (exact) mass is 364 g/mol. The molecule has 5 nitrogen and oxygen atoms in total. The van der Waals surface area contributed by atoms with Gasteiger partial charge in [0.1, 0.15) is 0 Å². The van der Waals surface area contributed by atoms with Crippen molar-refractivity contribution in [3.63, 3.8) is 0 Å². The van der Waals surface area contributed by atoms with Gasteiger partial charge in [0.25, 0.3) is 0 Å². The topological polar surface area (TPSA) is 66.5 Å². The number of nitrogens with one attached hydrogen (secondary N) is 1. The highest BCUT2D eigenvalue weighted by Gasteiger charge is 2.37. The maximum absolute atomic E-state index is 12.8. The van der Waals surface area contributed by atoms with Crippen molar-refractivity contribution in [3.8, 4) is 0 Å². The van der Waals surface area contributed by atoms with Gasteiger partial charge in [-0.15, -0.1) is 0 Å². The molecule has 0 radical (unpaired) electrons. The number of piperidine rings is 1. The van der Waals surface area contributed by atoms with E-state index in [1.54, 1.807) is 0 Å². The van der Waals surface area contributed by atoms with Crippen LogP contribution in [0.25, 0.3) is 0 Å². The fraction of sp³-hybridized carbons (Fsp3) is 0.632. The summed E-state index contributed by atoms with van der Waals surface area (Å²) in [4.78, 5) is 12.8. The molecule has 1 amide bonds. The summed E-state index contributed by atoms with van der Waals surface area (Å²) in [6.07, 6.45) is 4.40. The molecule has 1 aromatic carbocycles. The SMILES string of the molecule is CCCS(=O)(=O)N1CCC[C@@H](C(=O)N[C@H](c2ccccc2)C2CC2)C1. The van der Waals surface area contributed by atoms with Crippen molar-refractivity contribution in [1.29, 1.82) is 0 Å². The van der Waals surface area contributed by atoms with E-state index in [0.717, 1.165) is 31.2 Å². The Kier molecular flexibility index (Phi) is 5.79. The van der Waals surface area contributed by atoms with Crippen molar-refractivity contribution in [2.24, 2.45) is 11.8 Å². The molecule has 1 saturated heterocycles. The average Bonchev–Trinajstić information content (AvgIpc) is 3.45. The van der Waals surface area contributed by atoms with Gasteiger partial charge in [0.15, 0.2) is 0 Å². The van der Waals surface area contributed by atoms with Crippen LogP contribution >= 0.6 is 0 Å². The number of benzene rings is 1. The van der Waals surface area contributed by atoms with E-state index in [0.29, 0.717) is 25.4 Å². The summed E-state index contributed by atoms with van der Waals surface area (Å²) in [6, 6.07) is 10.1. The molecule has 2 atom stereocenters. The van der Waals surface area contributed by atoms with Crippen LogP contribution in [0.5, 0.6) is 0 Å². The highest BCUT2D eigenvalue weighted by molar-refractivity contribution is 7.89. The molecule has 2 aliphatic rings. The number of nitrogens with zero attached hydrogens (tertiary/aromatic N) is 1. The second kappa shape index (κ2) is 7.87. The first kappa shape index (κ1) is 18.4. The fourth-order valence-electron chi connectivity index (χ4n) is 3.63. The maximum atomic E-state index is 12.8. The summed E-state index contributed by atoms with van der Waals surface area (Å²) in [5.41, 5.74) is 1.14. The zero-order chi connectivity index (χ0) is 17.9. The summed E-state index contributed by atoms with van der Waals surface area (Å²) < 4.78 is 26.1. The third-order valence-electron chi connectivity index (χ3n) is 5.16. The van der Waals surface area contributed by atoms with Crippen LogP contribution in [0.3, 0.4) is 0 Å². The number of amides is 1. The first-order chi connectivity index (χ1) is 12.0. The standard InChI is InChI=1S/C19H28N2O3S/c1-2-13-25(23,24)21-12-6-9-17(14-21)19(22)20-18(16-10-11-16)15-7-4-3-5-8-15/h3-5,7-8,16-18H,2,6,9-14H2,1H3,(H,20,22)/t17-,18-/m1/s1. The Hall–Kier alpha value is -1.40. The van der Waals surface area contributed by atoms with Crippen LogP contribution in [-0.4, -0.2) is 37.5 Å². The molecule has 2 fully saturated rings. The van der Waals surface area contributed by atoms with E-state index in [1.807, 2.05) is 25.1 Å². The lowest BCUT2D eigenvalue weighted by molar-refractivity contribution is -0.127. The molecule has 138 valence electrons. The van der Waals surface area contributed by atoms with Crippen LogP contribution in [0, 0.1) is 11.8 Å². The van der Waals surface area contributed by atoms with Gasteiger partial charge < -0.3 is 5.32 Å². The smallest absolute Gasteiger partial charge is 0.224 e. The minimum absolute atomic E-state index is 0.00264. The lowest BCUT2D eigenvalue weighted by Gasteiger charge is -2.32. The number of rotatable bonds is 7. The van der Waals surface area contributed by atoms with Crippen LogP contribution in [0.4, 0.5) is 0 Å². The van der Waals surface area contributed by atoms with E-state index in [4.69, 9.17) is 0 Å². The van der Waals surface area contributed by atoms with Gasteiger partial charge in [0.2, 0.25) is 15.9 Å². The second-order valence-electron chi connectivity index (χ2n) is 7.25. The first-order valence-corrected chi connectivity index (χ1v) is 11.0. The van der Waals surface area contributed by atoms with Gasteiger partial charge >= 0.3 is 0 Å². The molecule has 1 aliphatic heterocycles. The van der Waals surface area contributed by atoms with Crippen molar-refractivity contribution in [2.75, 3.05) is 18.8 Å². The van der Waals surface area contributed by atoms with Gasteiger partial charge in [-0.25, -0.2) is 12.7 Å². The van der Waals surface area contributed by atoms with Crippen LogP contribution in [0.15, 0.2) is 30.3 Å². The van der Waals surface area contributed by atoms with E-state index in [9.17, 15) is 13.2 Å². The van der Waals surface area contributed by atoms with Crippen molar-refractivity contribution in [3.05, 3.63) is 35.9 Å². The molecule has 0 bridgehead atoms. The Labute approximate surface area is 150 Å². The van der Waals surface area contributed by atoms with Crippen molar-refractivity contribution >= 4 is 15.9 Å². The van der Waals surface area contributed by atoms with Crippen molar-refractivity contribution < 1.29 is 13.2 Å². The zero-order valence-corrected chi connectivity index (χ0v) is 15.7. The van der Waals surface area contributed by atoms with E-state index in [1.165, 1.54) is 4.31 Å². The fourth-order valence-corrected chi connectivity index (χ4v) is 5.22. The van der Waals surface area contributed by atoms with Gasteiger partial charge in [0.05, 0.1) is 17.7 Å². The molecule has 0 unspecified atom stereocenters. The molecular formula is C19H28N2O3S. The largest absolute Gasteiger partial charge is 0.349 e. The second-order valence-corrected chi connectivity index (χ2v) is 9.34. The van der Waals surface area contributed by atoms with Gasteiger partial charge in [-0.1, -0.05) is 37.3 Å². The van der Waals surface area contributed by atoms with Gasteiger partial charge in [-0.2, -0.15) is 0 Å². The van der Waals surface area contributed by atoms with E-state index < -0.39 is 10.0 Å². The van der Waals surface area contributed by atoms with Crippen molar-refractivity contribution in [2.45, 2.75) is 45.1 Å². The minimum Gasteiger partial charge on any atom is -0.349 e. The molecule has 0 spiro atoms. The maximum Gasteiger partial charge on any atom is 0.224 e. The molecule has 1 heterocycles. The van der Waals surface area contributed by atoms with Gasteiger partial charge in [-0.3, -0.25) is 4.79 Å². The molecule has 0 aromatic heterocycles. The summed E-state index contributed by atoms with van der Waals surface area (Å²) in [5.74, 6) is 0.424. The number of carbonyl (C=O) groups is 1. The predicted octanol–water partition coefficient (Wildman–Crippen LogP) is 2.71. The van der Waals surface area contributed by atoms with Crippen LogP contribution in [0.2, 0.25) is 0 Å². The molecular weight excluding hydrogens is 336 g/mol. The van der Waals surface area contributed by atoms with Gasteiger partial charge in [-0.05, 0) is 43.6 Å². The Morgan fingerprint density at radius 2 is 1.96 bits per heavy atom. The van der Waals surface area contributed by atoms with Crippen LogP contribution in [-0.2, 0) is 14.8 Å². The third-order valence-corrected chi connectivity index (χ3v) is 7.20. The summed E-state index contributed by atoms with van der Waals surface area (Å²) in [7, 11) is -3.23. The summed E-state index contributed by atoms with van der Waals surface area (Å²) >= 11 is 0. The third kappa shape index (κ3) is 4.61. The number of hydrogen-bond acceptors (Lipinski definition) is 3. The van der Waals surface area contributed by atoms with E-state index in [2.05, 4.69) is 17.4 Å². The normalized spacial score (nSPS) is 23.2.